The molecular weight excluding hydrogens is 246 g/mol. The number of hydrogen-bond donors (Lipinski definition) is 2. The van der Waals surface area contributed by atoms with Gasteiger partial charge in [0, 0.05) is 6.54 Å². The molecule has 2 aliphatic rings. The third-order valence-corrected chi connectivity index (χ3v) is 3.45. The number of nitrogens with two attached hydrogens (primary N) is 1. The number of urea groups is 1. The molecule has 1 fully saturated rings. The summed E-state index contributed by atoms with van der Waals surface area (Å²) in [6.07, 6.45) is 3.41. The summed E-state index contributed by atoms with van der Waals surface area (Å²) < 4.78 is 5.66. The molecule has 2 heterocycles. The second-order valence-electron chi connectivity index (χ2n) is 5.05. The summed E-state index contributed by atoms with van der Waals surface area (Å²) in [7, 11) is 0. The lowest BCUT2D eigenvalue weighted by Crippen LogP contribution is -2.63. The van der Waals surface area contributed by atoms with Gasteiger partial charge in [-0.3, -0.25) is 9.69 Å². The first-order valence-corrected chi connectivity index (χ1v) is 6.28. The minimum absolute atomic E-state index is 0.0373. The van der Waals surface area contributed by atoms with Crippen molar-refractivity contribution in [2.24, 2.45) is 11.7 Å². The van der Waals surface area contributed by atoms with Gasteiger partial charge in [-0.05, 0) is 11.5 Å². The summed E-state index contributed by atoms with van der Waals surface area (Å²) in [5.41, 5.74) is 4.78. The molecule has 2 aliphatic heterocycles. The van der Waals surface area contributed by atoms with Gasteiger partial charge >= 0.3 is 6.03 Å². The van der Waals surface area contributed by atoms with Crippen molar-refractivity contribution in [1.82, 2.24) is 10.2 Å². The predicted octanol–water partition coefficient (Wildman–Crippen LogP) is 0.360. The zero-order valence-electron chi connectivity index (χ0n) is 11.2. The summed E-state index contributed by atoms with van der Waals surface area (Å²) in [6.45, 7) is 7.98. The molecule has 3 N–H and O–H groups in total. The zero-order valence-corrected chi connectivity index (χ0v) is 11.2. The lowest BCUT2D eigenvalue weighted by atomic mass is 9.86. The summed E-state index contributed by atoms with van der Waals surface area (Å²) in [5.74, 6) is -0.639. The Labute approximate surface area is 112 Å². The Hall–Kier alpha value is -1.82. The number of primary amides is 1. The fraction of sp³-hybridized carbons (Fsp3) is 0.538. The van der Waals surface area contributed by atoms with Crippen LogP contribution in [-0.4, -0.2) is 41.8 Å². The normalized spacial score (nSPS) is 29.2. The van der Waals surface area contributed by atoms with Crippen molar-refractivity contribution in [1.29, 1.82) is 0 Å². The third-order valence-electron chi connectivity index (χ3n) is 3.45. The van der Waals surface area contributed by atoms with Crippen LogP contribution in [0.25, 0.3) is 0 Å². The Morgan fingerprint density at radius 2 is 2.47 bits per heavy atom. The maximum atomic E-state index is 12.0. The molecule has 0 radical (unpaired) electrons. The second kappa shape index (κ2) is 4.70. The van der Waals surface area contributed by atoms with E-state index in [0.717, 1.165) is 5.57 Å². The molecule has 0 aromatic rings. The average molecular weight is 265 g/mol. The van der Waals surface area contributed by atoms with E-state index < -0.39 is 11.6 Å². The van der Waals surface area contributed by atoms with Gasteiger partial charge in [-0.15, -0.1) is 6.58 Å². The number of amides is 3. The Kier molecular flexibility index (Phi) is 3.36. The smallest absolute Gasteiger partial charge is 0.320 e. The summed E-state index contributed by atoms with van der Waals surface area (Å²) in [5, 5.41) is 2.78. The van der Waals surface area contributed by atoms with Crippen LogP contribution in [0.4, 0.5) is 4.79 Å². The molecule has 6 nitrogen and oxygen atoms in total. The van der Waals surface area contributed by atoms with Crippen LogP contribution in [0.2, 0.25) is 0 Å². The fourth-order valence-electron chi connectivity index (χ4n) is 2.68. The van der Waals surface area contributed by atoms with Crippen LogP contribution < -0.4 is 11.1 Å². The SMILES string of the molecule is C=CCOC1(C(N)=O)C(C(C)C)=CC2CN1C(=O)N2. The molecule has 0 spiro atoms. The van der Waals surface area contributed by atoms with E-state index in [2.05, 4.69) is 11.9 Å². The first-order valence-electron chi connectivity index (χ1n) is 6.28. The topological polar surface area (TPSA) is 84.7 Å². The van der Waals surface area contributed by atoms with E-state index in [0.29, 0.717) is 6.54 Å². The molecule has 2 unspecified atom stereocenters. The number of fused-ring (bicyclic) bond motifs is 2. The monoisotopic (exact) mass is 265 g/mol. The van der Waals surface area contributed by atoms with Gasteiger partial charge < -0.3 is 15.8 Å². The van der Waals surface area contributed by atoms with E-state index in [1.165, 1.54) is 11.0 Å². The molecular formula is C13H19N3O3. The van der Waals surface area contributed by atoms with Crippen molar-refractivity contribution in [2.45, 2.75) is 25.6 Å². The van der Waals surface area contributed by atoms with Crippen LogP contribution in [0, 0.1) is 5.92 Å². The lowest BCUT2D eigenvalue weighted by molar-refractivity contribution is -0.156. The van der Waals surface area contributed by atoms with Gasteiger partial charge in [0.2, 0.25) is 5.72 Å². The maximum absolute atomic E-state index is 12.0. The molecule has 2 rings (SSSR count). The molecule has 19 heavy (non-hydrogen) atoms. The number of nitrogens with zero attached hydrogens (tertiary/aromatic N) is 1. The van der Waals surface area contributed by atoms with Gasteiger partial charge in [0.15, 0.2) is 0 Å². The number of rotatable bonds is 5. The average Bonchev–Trinajstić information content (AvgIpc) is 2.65. The van der Waals surface area contributed by atoms with Crippen molar-refractivity contribution in [3.63, 3.8) is 0 Å². The van der Waals surface area contributed by atoms with Crippen LogP contribution in [0.1, 0.15) is 13.8 Å². The molecule has 6 heteroatoms. The Balaban J connectivity index is 2.53. The van der Waals surface area contributed by atoms with E-state index in [9.17, 15) is 9.59 Å². The van der Waals surface area contributed by atoms with Gasteiger partial charge in [-0.1, -0.05) is 26.0 Å². The van der Waals surface area contributed by atoms with Crippen molar-refractivity contribution in [3.8, 4) is 0 Å². The first-order chi connectivity index (χ1) is 8.93. The van der Waals surface area contributed by atoms with E-state index in [1.54, 1.807) is 0 Å². The van der Waals surface area contributed by atoms with Crippen LogP contribution in [0.5, 0.6) is 0 Å². The van der Waals surface area contributed by atoms with Crippen LogP contribution in [-0.2, 0) is 9.53 Å². The highest BCUT2D eigenvalue weighted by atomic mass is 16.5. The van der Waals surface area contributed by atoms with Crippen LogP contribution in [0.15, 0.2) is 24.3 Å². The first kappa shape index (κ1) is 13.6. The molecule has 3 amide bonds. The van der Waals surface area contributed by atoms with Crippen molar-refractivity contribution in [2.75, 3.05) is 13.2 Å². The van der Waals surface area contributed by atoms with E-state index in [1.807, 2.05) is 19.9 Å². The number of nitrogens with one attached hydrogen (secondary N) is 1. The standard InChI is InChI=1S/C13H19N3O3/c1-4-5-19-13(11(14)17)10(8(2)3)6-9-7-16(13)12(18)15-9/h4,6,8-9H,1,5,7H2,2-3H3,(H2,14,17)(H,15,18). The maximum Gasteiger partial charge on any atom is 0.320 e. The predicted molar refractivity (Wildman–Crippen MR) is 70.0 cm³/mol. The van der Waals surface area contributed by atoms with Crippen molar-refractivity contribution in [3.05, 3.63) is 24.3 Å². The molecule has 2 bridgehead atoms. The third kappa shape index (κ3) is 1.92. The van der Waals surface area contributed by atoms with E-state index in [4.69, 9.17) is 10.5 Å². The van der Waals surface area contributed by atoms with E-state index in [-0.39, 0.29) is 24.6 Å². The van der Waals surface area contributed by atoms with Crippen LogP contribution in [0.3, 0.4) is 0 Å². The number of ether oxygens (including phenoxy) is 1. The molecule has 0 saturated carbocycles. The summed E-state index contributed by atoms with van der Waals surface area (Å²) in [4.78, 5) is 25.4. The number of carbonyl (C=O) groups is 2. The quantitative estimate of drug-likeness (QED) is 0.704. The highest BCUT2D eigenvalue weighted by Crippen LogP contribution is 2.38. The van der Waals surface area contributed by atoms with Crippen LogP contribution >= 0.6 is 0 Å². The highest BCUT2D eigenvalue weighted by Gasteiger charge is 2.56. The van der Waals surface area contributed by atoms with Gasteiger partial charge in [0.05, 0.1) is 12.6 Å². The molecule has 1 saturated heterocycles. The summed E-state index contributed by atoms with van der Waals surface area (Å²) >= 11 is 0. The van der Waals surface area contributed by atoms with Crippen molar-refractivity contribution < 1.29 is 14.3 Å². The van der Waals surface area contributed by atoms with Gasteiger partial charge in [0.1, 0.15) is 0 Å². The van der Waals surface area contributed by atoms with Gasteiger partial charge in [0.25, 0.3) is 5.91 Å². The Morgan fingerprint density at radius 3 is 3.00 bits per heavy atom. The van der Waals surface area contributed by atoms with Crippen molar-refractivity contribution >= 4 is 11.9 Å². The largest absolute Gasteiger partial charge is 0.365 e. The molecule has 104 valence electrons. The fourth-order valence-corrected chi connectivity index (χ4v) is 2.68. The summed E-state index contributed by atoms with van der Waals surface area (Å²) in [6, 6.07) is -0.426. The second-order valence-corrected chi connectivity index (χ2v) is 5.05. The molecule has 0 aromatic carbocycles. The minimum Gasteiger partial charge on any atom is -0.365 e. The Bertz CT molecular complexity index is 458. The molecule has 0 aliphatic carbocycles. The van der Waals surface area contributed by atoms with E-state index >= 15 is 0 Å². The van der Waals surface area contributed by atoms with Gasteiger partial charge in [-0.25, -0.2) is 4.79 Å². The lowest BCUT2D eigenvalue weighted by Gasteiger charge is -2.43. The minimum atomic E-state index is -1.50. The highest BCUT2D eigenvalue weighted by molar-refractivity contribution is 5.94. The number of hydrogen-bond acceptors (Lipinski definition) is 3. The molecule has 0 aromatic heterocycles. The van der Waals surface area contributed by atoms with Gasteiger partial charge in [-0.2, -0.15) is 0 Å². The molecule has 2 atom stereocenters. The Morgan fingerprint density at radius 1 is 1.79 bits per heavy atom. The number of carbonyl (C=O) groups excluding carboxylic acids is 2. The zero-order chi connectivity index (χ0) is 14.2.